The molecule has 3 rings (SSSR count). The van der Waals surface area contributed by atoms with Crippen LogP contribution in [0.5, 0.6) is 0 Å². The van der Waals surface area contributed by atoms with Crippen LogP contribution in [0.25, 0.3) is 5.76 Å². The molecule has 1 heterocycles. The van der Waals surface area contributed by atoms with Crippen LogP contribution in [0, 0.1) is 6.92 Å². The molecule has 5 nitrogen and oxygen atoms in total. The number of aryl methyl sites for hydroxylation is 2. The lowest BCUT2D eigenvalue weighted by Crippen LogP contribution is -2.33. The summed E-state index contributed by atoms with van der Waals surface area (Å²) in [6.45, 7) is 14.7. The second-order valence-electron chi connectivity index (χ2n) is 10.3. The minimum Gasteiger partial charge on any atom is -0.507 e. The number of hydrogen-bond acceptors (Lipinski definition) is 4. The van der Waals surface area contributed by atoms with Crippen molar-refractivity contribution >= 4 is 17.4 Å². The van der Waals surface area contributed by atoms with E-state index in [9.17, 15) is 14.7 Å². The third-order valence-electron chi connectivity index (χ3n) is 6.39. The molecule has 0 saturated carbocycles. The number of aliphatic hydroxyl groups is 1. The monoisotopic (exact) mass is 463 g/mol. The van der Waals surface area contributed by atoms with Crippen molar-refractivity contribution in [3.63, 3.8) is 0 Å². The number of rotatable bonds is 7. The second-order valence-corrected chi connectivity index (χ2v) is 10.3. The van der Waals surface area contributed by atoms with Crippen LogP contribution >= 0.6 is 0 Å². The molecule has 1 fully saturated rings. The molecule has 2 aromatic carbocycles. The minimum atomic E-state index is -0.667. The minimum absolute atomic E-state index is 0.0156. The summed E-state index contributed by atoms with van der Waals surface area (Å²) in [5.41, 5.74) is 4.44. The molecule has 1 aliphatic heterocycles. The van der Waals surface area contributed by atoms with Gasteiger partial charge in [-0.05, 0) is 60.9 Å². The van der Waals surface area contributed by atoms with Crippen LogP contribution in [0.4, 0.5) is 0 Å². The molecule has 0 aliphatic carbocycles. The van der Waals surface area contributed by atoms with E-state index in [0.717, 1.165) is 28.7 Å². The highest BCUT2D eigenvalue weighted by molar-refractivity contribution is 6.46. The number of aliphatic hydroxyl groups excluding tert-OH is 1. The van der Waals surface area contributed by atoms with Crippen molar-refractivity contribution < 1.29 is 19.4 Å². The first kappa shape index (κ1) is 25.7. The van der Waals surface area contributed by atoms with Crippen LogP contribution in [0.2, 0.25) is 0 Å². The molecule has 2 aromatic rings. The Kier molecular flexibility index (Phi) is 7.67. The van der Waals surface area contributed by atoms with E-state index in [1.54, 1.807) is 0 Å². The molecule has 5 heteroatoms. The zero-order valence-corrected chi connectivity index (χ0v) is 21.4. The summed E-state index contributed by atoms with van der Waals surface area (Å²) in [5, 5.41) is 11.5. The maximum absolute atomic E-state index is 13.3. The number of amides is 1. The maximum atomic E-state index is 13.3. The molecule has 34 heavy (non-hydrogen) atoms. The van der Waals surface area contributed by atoms with E-state index in [0.29, 0.717) is 12.2 Å². The topological polar surface area (TPSA) is 66.8 Å². The Hall–Kier alpha value is -2.92. The lowest BCUT2D eigenvalue weighted by molar-refractivity contribution is -0.140. The van der Waals surface area contributed by atoms with Crippen molar-refractivity contribution in [3.8, 4) is 0 Å². The number of ketones is 1. The molecule has 0 aromatic heterocycles. The first-order valence-electron chi connectivity index (χ1n) is 12.1. The first-order chi connectivity index (χ1) is 16.0. The average molecular weight is 464 g/mol. The van der Waals surface area contributed by atoms with Crippen molar-refractivity contribution in [2.45, 2.75) is 72.4 Å². The zero-order valence-electron chi connectivity index (χ0n) is 21.4. The Bertz CT molecular complexity index is 1090. The van der Waals surface area contributed by atoms with Crippen molar-refractivity contribution in [2.75, 3.05) is 13.2 Å². The summed E-state index contributed by atoms with van der Waals surface area (Å²) < 4.78 is 5.68. The van der Waals surface area contributed by atoms with Gasteiger partial charge >= 0.3 is 0 Å². The Balaban J connectivity index is 2.16. The summed E-state index contributed by atoms with van der Waals surface area (Å²) in [6.07, 6.45) is 0.906. The zero-order chi connectivity index (χ0) is 25.2. The highest BCUT2D eigenvalue weighted by Gasteiger charge is 2.46. The van der Waals surface area contributed by atoms with E-state index in [4.69, 9.17) is 4.74 Å². The molecule has 1 aliphatic rings. The van der Waals surface area contributed by atoms with Gasteiger partial charge in [-0.25, -0.2) is 0 Å². The predicted molar refractivity (Wildman–Crippen MR) is 136 cm³/mol. The molecule has 1 N–H and O–H groups in total. The molecule has 182 valence electrons. The average Bonchev–Trinajstić information content (AvgIpc) is 3.03. The van der Waals surface area contributed by atoms with Gasteiger partial charge in [-0.3, -0.25) is 9.59 Å². The van der Waals surface area contributed by atoms with E-state index < -0.39 is 17.7 Å². The van der Waals surface area contributed by atoms with E-state index in [-0.39, 0.29) is 29.4 Å². The quantitative estimate of drug-likeness (QED) is 0.325. The van der Waals surface area contributed by atoms with Gasteiger partial charge < -0.3 is 14.7 Å². The van der Waals surface area contributed by atoms with Gasteiger partial charge in [0.2, 0.25) is 0 Å². The first-order valence-corrected chi connectivity index (χ1v) is 12.1. The number of carbonyl (C=O) groups is 2. The predicted octanol–water partition coefficient (Wildman–Crippen LogP) is 5.70. The molecule has 1 amide bonds. The summed E-state index contributed by atoms with van der Waals surface area (Å²) in [4.78, 5) is 27.9. The molecular weight excluding hydrogens is 426 g/mol. The van der Waals surface area contributed by atoms with Gasteiger partial charge in [0.05, 0.1) is 24.3 Å². The fourth-order valence-corrected chi connectivity index (χ4v) is 4.27. The molecule has 1 unspecified atom stereocenters. The van der Waals surface area contributed by atoms with Gasteiger partial charge in [0.25, 0.3) is 11.7 Å². The SMILES string of the molecule is CCc1ccc(C2/C(=C(\O)c3cc(C(C)(C)C)ccc3C)C(=O)C(=O)N2CCOC(C)C)cc1. The molecule has 1 saturated heterocycles. The molecule has 0 spiro atoms. The molecule has 0 radical (unpaired) electrons. The number of ether oxygens (including phenoxy) is 1. The Morgan fingerprint density at radius 3 is 2.29 bits per heavy atom. The van der Waals surface area contributed by atoms with E-state index >= 15 is 0 Å². The highest BCUT2D eigenvalue weighted by atomic mass is 16.5. The van der Waals surface area contributed by atoms with Gasteiger partial charge in [-0.15, -0.1) is 0 Å². The Morgan fingerprint density at radius 2 is 1.74 bits per heavy atom. The Morgan fingerprint density at radius 1 is 1.09 bits per heavy atom. The Labute approximate surface area is 203 Å². The largest absolute Gasteiger partial charge is 0.507 e. The van der Waals surface area contributed by atoms with Gasteiger partial charge in [0.1, 0.15) is 5.76 Å². The summed E-state index contributed by atoms with van der Waals surface area (Å²) in [5.74, 6) is -1.39. The van der Waals surface area contributed by atoms with Gasteiger partial charge in [-0.2, -0.15) is 0 Å². The van der Waals surface area contributed by atoms with Crippen molar-refractivity contribution in [1.82, 2.24) is 4.90 Å². The van der Waals surface area contributed by atoms with Gasteiger partial charge in [0, 0.05) is 12.1 Å². The van der Waals surface area contributed by atoms with Crippen molar-refractivity contribution in [1.29, 1.82) is 0 Å². The highest BCUT2D eigenvalue weighted by Crippen LogP contribution is 2.40. The number of likely N-dealkylation sites (tertiary alicyclic amines) is 1. The molecular formula is C29H37NO4. The van der Waals surface area contributed by atoms with Crippen LogP contribution in [-0.2, 0) is 26.2 Å². The third-order valence-corrected chi connectivity index (χ3v) is 6.39. The van der Waals surface area contributed by atoms with Crippen LogP contribution in [0.3, 0.4) is 0 Å². The number of carbonyl (C=O) groups excluding carboxylic acids is 2. The van der Waals surface area contributed by atoms with E-state index in [1.807, 2.05) is 63.2 Å². The van der Waals surface area contributed by atoms with Crippen LogP contribution in [0.1, 0.15) is 75.4 Å². The van der Waals surface area contributed by atoms with E-state index in [2.05, 4.69) is 27.7 Å². The number of hydrogen-bond donors (Lipinski definition) is 1. The van der Waals surface area contributed by atoms with Crippen molar-refractivity contribution in [3.05, 3.63) is 75.9 Å². The fourth-order valence-electron chi connectivity index (χ4n) is 4.27. The molecule has 0 bridgehead atoms. The van der Waals surface area contributed by atoms with Gasteiger partial charge in [-0.1, -0.05) is 64.1 Å². The summed E-state index contributed by atoms with van der Waals surface area (Å²) >= 11 is 0. The second kappa shape index (κ2) is 10.1. The number of benzene rings is 2. The smallest absolute Gasteiger partial charge is 0.295 e. The number of nitrogens with zero attached hydrogens (tertiary/aromatic N) is 1. The third kappa shape index (κ3) is 5.25. The van der Waals surface area contributed by atoms with Crippen LogP contribution in [-0.4, -0.2) is 41.0 Å². The van der Waals surface area contributed by atoms with Crippen LogP contribution < -0.4 is 0 Å². The standard InChI is InChI=1S/C29H37NO4/c1-8-20-10-12-21(13-11-20)25-24(27(32)28(33)30(25)15-16-34-18(2)3)26(31)23-17-22(29(5,6)7)14-9-19(23)4/h9-14,17-18,25,31H,8,15-16H2,1-7H3/b26-24+. The maximum Gasteiger partial charge on any atom is 0.295 e. The fraction of sp³-hybridized carbons (Fsp3) is 0.448. The van der Waals surface area contributed by atoms with Crippen molar-refractivity contribution in [2.24, 2.45) is 0 Å². The lowest BCUT2D eigenvalue weighted by atomic mass is 9.84. The number of Topliss-reactive ketones (excluding diaryl/α,β-unsaturated/α-hetero) is 1. The van der Waals surface area contributed by atoms with E-state index in [1.165, 1.54) is 4.90 Å². The summed E-state index contributed by atoms with van der Waals surface area (Å²) in [6, 6.07) is 13.1. The lowest BCUT2D eigenvalue weighted by Gasteiger charge is -2.26. The summed E-state index contributed by atoms with van der Waals surface area (Å²) in [7, 11) is 0. The van der Waals surface area contributed by atoms with Crippen LogP contribution in [0.15, 0.2) is 48.0 Å². The van der Waals surface area contributed by atoms with Gasteiger partial charge in [0.15, 0.2) is 0 Å². The normalized spacial score (nSPS) is 18.2. The molecule has 1 atom stereocenters.